The van der Waals surface area contributed by atoms with Gasteiger partial charge < -0.3 is 11.1 Å². The SMILES string of the molecule is Cl.NC1CCC(Nc2ncc3c(-c4ccnc(CCc5ccccc5)n4)[nH]nc3n2)CC1. The Morgan fingerprint density at radius 1 is 0.969 bits per heavy atom. The zero-order valence-electron chi connectivity index (χ0n) is 17.7. The summed E-state index contributed by atoms with van der Waals surface area (Å²) in [6.45, 7) is 0. The third-order valence-electron chi connectivity index (χ3n) is 5.86. The number of aromatic amines is 1. The number of hydrogen-bond acceptors (Lipinski definition) is 7. The number of nitrogens with one attached hydrogen (secondary N) is 2. The molecule has 3 heterocycles. The molecule has 1 aromatic carbocycles. The highest BCUT2D eigenvalue weighted by atomic mass is 35.5. The zero-order chi connectivity index (χ0) is 21.0. The van der Waals surface area contributed by atoms with Crippen molar-refractivity contribution in [2.45, 2.75) is 50.6 Å². The van der Waals surface area contributed by atoms with Crippen LogP contribution in [0.5, 0.6) is 0 Å². The van der Waals surface area contributed by atoms with E-state index in [-0.39, 0.29) is 12.4 Å². The highest BCUT2D eigenvalue weighted by molar-refractivity contribution is 5.89. The molecule has 1 fully saturated rings. The first-order valence-corrected chi connectivity index (χ1v) is 10.8. The van der Waals surface area contributed by atoms with Gasteiger partial charge in [-0.25, -0.2) is 15.0 Å². The van der Waals surface area contributed by atoms with Gasteiger partial charge in [0.1, 0.15) is 5.82 Å². The van der Waals surface area contributed by atoms with E-state index in [1.807, 2.05) is 18.3 Å². The molecule has 0 saturated heterocycles. The molecule has 32 heavy (non-hydrogen) atoms. The predicted molar refractivity (Wildman–Crippen MR) is 128 cm³/mol. The summed E-state index contributed by atoms with van der Waals surface area (Å²) in [5, 5.41) is 11.7. The zero-order valence-corrected chi connectivity index (χ0v) is 18.6. The van der Waals surface area contributed by atoms with Crippen molar-refractivity contribution < 1.29 is 0 Å². The minimum Gasteiger partial charge on any atom is -0.351 e. The van der Waals surface area contributed by atoms with E-state index in [4.69, 9.17) is 10.7 Å². The lowest BCUT2D eigenvalue weighted by Gasteiger charge is -2.26. The first kappa shape index (κ1) is 22.1. The number of nitrogens with two attached hydrogens (primary N) is 1. The van der Waals surface area contributed by atoms with Crippen molar-refractivity contribution in [2.24, 2.45) is 5.73 Å². The van der Waals surface area contributed by atoms with Gasteiger partial charge in [-0.1, -0.05) is 30.3 Å². The molecule has 166 valence electrons. The molecule has 0 spiro atoms. The van der Waals surface area contributed by atoms with Gasteiger partial charge in [-0.15, -0.1) is 12.4 Å². The maximum atomic E-state index is 6.00. The molecule has 0 atom stereocenters. The average molecular weight is 451 g/mol. The normalized spacial score (nSPS) is 18.3. The van der Waals surface area contributed by atoms with Crippen molar-refractivity contribution in [1.82, 2.24) is 30.1 Å². The Balaban J connectivity index is 0.00000245. The summed E-state index contributed by atoms with van der Waals surface area (Å²) in [6.07, 6.45) is 9.43. The summed E-state index contributed by atoms with van der Waals surface area (Å²) < 4.78 is 0. The fraction of sp³-hybridized carbons (Fsp3) is 0.348. The summed E-state index contributed by atoms with van der Waals surface area (Å²) in [4.78, 5) is 18.3. The lowest BCUT2D eigenvalue weighted by molar-refractivity contribution is 0.410. The number of benzene rings is 1. The summed E-state index contributed by atoms with van der Waals surface area (Å²) in [5.74, 6) is 1.41. The molecule has 4 N–H and O–H groups in total. The van der Waals surface area contributed by atoms with E-state index in [2.05, 4.69) is 54.7 Å². The van der Waals surface area contributed by atoms with Crippen LogP contribution in [0.3, 0.4) is 0 Å². The van der Waals surface area contributed by atoms with Crippen molar-refractivity contribution in [2.75, 3.05) is 5.32 Å². The van der Waals surface area contributed by atoms with E-state index in [0.29, 0.717) is 23.7 Å². The van der Waals surface area contributed by atoms with Crippen LogP contribution in [0.15, 0.2) is 48.8 Å². The van der Waals surface area contributed by atoms with Crippen LogP contribution in [0.25, 0.3) is 22.4 Å². The van der Waals surface area contributed by atoms with Gasteiger partial charge >= 0.3 is 0 Å². The van der Waals surface area contributed by atoms with Crippen molar-refractivity contribution in [1.29, 1.82) is 0 Å². The fourth-order valence-corrected chi connectivity index (χ4v) is 4.07. The third-order valence-corrected chi connectivity index (χ3v) is 5.86. The van der Waals surface area contributed by atoms with Gasteiger partial charge in [0.15, 0.2) is 5.65 Å². The summed E-state index contributed by atoms with van der Waals surface area (Å²) in [5.41, 5.74) is 9.51. The molecule has 1 aliphatic rings. The van der Waals surface area contributed by atoms with E-state index in [1.54, 1.807) is 6.20 Å². The molecule has 0 radical (unpaired) electrons. The second kappa shape index (κ2) is 10.0. The molecule has 8 nitrogen and oxygen atoms in total. The quantitative estimate of drug-likeness (QED) is 0.409. The Labute approximate surface area is 192 Å². The maximum absolute atomic E-state index is 6.00. The van der Waals surface area contributed by atoms with Gasteiger partial charge in [0.05, 0.1) is 16.8 Å². The topological polar surface area (TPSA) is 118 Å². The van der Waals surface area contributed by atoms with Crippen LogP contribution >= 0.6 is 12.4 Å². The highest BCUT2D eigenvalue weighted by Gasteiger charge is 2.20. The van der Waals surface area contributed by atoms with E-state index < -0.39 is 0 Å². The predicted octanol–water partition coefficient (Wildman–Crippen LogP) is 3.70. The van der Waals surface area contributed by atoms with Gasteiger partial charge in [0.2, 0.25) is 5.95 Å². The van der Waals surface area contributed by atoms with E-state index >= 15 is 0 Å². The second-order valence-electron chi connectivity index (χ2n) is 8.13. The van der Waals surface area contributed by atoms with Gasteiger partial charge in [-0.3, -0.25) is 5.10 Å². The van der Waals surface area contributed by atoms with E-state index in [0.717, 1.165) is 61.1 Å². The van der Waals surface area contributed by atoms with Crippen LogP contribution in [0.4, 0.5) is 5.95 Å². The van der Waals surface area contributed by atoms with Crippen molar-refractivity contribution in [3.63, 3.8) is 0 Å². The standard InChI is InChI=1S/C23H26N8.ClH/c24-16-7-9-17(10-8-16)27-23-26-14-18-21(30-31-22(18)29-23)19-12-13-25-20(28-19)11-6-15-4-2-1-3-5-15;/h1-5,12-14,16-17H,6-11,24H2,(H2,26,27,29,30,31);1H. The largest absolute Gasteiger partial charge is 0.351 e. The summed E-state index contributed by atoms with van der Waals surface area (Å²) in [6, 6.07) is 12.9. The maximum Gasteiger partial charge on any atom is 0.224 e. The molecule has 0 aliphatic heterocycles. The van der Waals surface area contributed by atoms with Gasteiger partial charge in [-0.05, 0) is 43.7 Å². The molecular formula is C23H27ClN8. The fourth-order valence-electron chi connectivity index (χ4n) is 4.07. The third kappa shape index (κ3) is 5.03. The van der Waals surface area contributed by atoms with Crippen LogP contribution in [0.1, 0.15) is 37.1 Å². The molecule has 4 aromatic rings. The van der Waals surface area contributed by atoms with Crippen LogP contribution in [0, 0.1) is 0 Å². The molecule has 1 saturated carbocycles. The number of rotatable bonds is 6. The van der Waals surface area contributed by atoms with Crippen molar-refractivity contribution in [3.8, 4) is 11.4 Å². The molecule has 0 unspecified atom stereocenters. The molecule has 0 bridgehead atoms. The van der Waals surface area contributed by atoms with Gasteiger partial charge in [0, 0.05) is 30.9 Å². The highest BCUT2D eigenvalue weighted by Crippen LogP contribution is 2.25. The molecule has 3 aromatic heterocycles. The Bertz CT molecular complexity index is 1160. The van der Waals surface area contributed by atoms with E-state index in [9.17, 15) is 0 Å². The number of H-pyrrole nitrogens is 1. The average Bonchev–Trinajstić information content (AvgIpc) is 3.23. The number of halogens is 1. The Morgan fingerprint density at radius 3 is 2.59 bits per heavy atom. The van der Waals surface area contributed by atoms with Gasteiger partial charge in [-0.2, -0.15) is 10.1 Å². The number of anilines is 1. The number of hydrogen-bond donors (Lipinski definition) is 3. The monoisotopic (exact) mass is 450 g/mol. The minimum absolute atomic E-state index is 0. The van der Waals surface area contributed by atoms with Crippen LogP contribution in [-0.2, 0) is 12.8 Å². The Kier molecular flexibility index (Phi) is 6.92. The number of fused-ring (bicyclic) bond motifs is 1. The van der Waals surface area contributed by atoms with Crippen molar-refractivity contribution >= 4 is 29.4 Å². The summed E-state index contributed by atoms with van der Waals surface area (Å²) >= 11 is 0. The van der Waals surface area contributed by atoms with Crippen LogP contribution in [-0.4, -0.2) is 42.2 Å². The molecule has 9 heteroatoms. The second-order valence-corrected chi connectivity index (χ2v) is 8.13. The minimum atomic E-state index is 0. The Morgan fingerprint density at radius 2 is 1.78 bits per heavy atom. The first-order chi connectivity index (χ1) is 15.2. The van der Waals surface area contributed by atoms with E-state index in [1.165, 1.54) is 5.56 Å². The Hall–Kier alpha value is -3.10. The summed E-state index contributed by atoms with van der Waals surface area (Å²) in [7, 11) is 0. The lowest BCUT2D eigenvalue weighted by Crippen LogP contribution is -2.33. The van der Waals surface area contributed by atoms with Crippen LogP contribution in [0.2, 0.25) is 0 Å². The number of nitrogens with zero attached hydrogens (tertiary/aromatic N) is 5. The molecule has 1 aliphatic carbocycles. The van der Waals surface area contributed by atoms with Gasteiger partial charge in [0.25, 0.3) is 0 Å². The van der Waals surface area contributed by atoms with Crippen molar-refractivity contribution in [3.05, 3.63) is 60.2 Å². The number of aryl methyl sites for hydroxylation is 2. The molecule has 0 amide bonds. The number of aromatic nitrogens is 6. The lowest BCUT2D eigenvalue weighted by atomic mass is 9.92. The first-order valence-electron chi connectivity index (χ1n) is 10.8. The van der Waals surface area contributed by atoms with Crippen LogP contribution < -0.4 is 11.1 Å². The molecular weight excluding hydrogens is 424 g/mol. The molecule has 5 rings (SSSR count). The smallest absolute Gasteiger partial charge is 0.224 e.